The average molecular weight is 326 g/mol. The van der Waals surface area contributed by atoms with Crippen LogP contribution in [0.1, 0.15) is 42.6 Å². The molecule has 0 aliphatic heterocycles. The molecule has 0 spiro atoms. The Kier molecular flexibility index (Phi) is 4.59. The Hall–Kier alpha value is -3.10. The fourth-order valence-electron chi connectivity index (χ4n) is 2.38. The lowest BCUT2D eigenvalue weighted by Crippen LogP contribution is -2.31. The summed E-state index contributed by atoms with van der Waals surface area (Å²) >= 11 is 0. The molecule has 1 N–H and O–H groups in total. The number of nitrogens with one attached hydrogen (secondary N) is 1. The van der Waals surface area contributed by atoms with Gasteiger partial charge in [-0.2, -0.15) is 5.10 Å². The Morgan fingerprint density at radius 2 is 2.04 bits per heavy atom. The van der Waals surface area contributed by atoms with E-state index >= 15 is 0 Å². The minimum absolute atomic E-state index is 0.222. The van der Waals surface area contributed by atoms with Crippen LogP contribution in [0.4, 0.5) is 0 Å². The van der Waals surface area contributed by atoms with E-state index in [0.717, 1.165) is 5.82 Å². The van der Waals surface area contributed by atoms with Gasteiger partial charge in [0.15, 0.2) is 0 Å². The second kappa shape index (κ2) is 6.99. The number of carbonyl (C=O) groups is 1. The molecule has 0 aliphatic carbocycles. The molecule has 3 aromatic heterocycles. The van der Waals surface area contributed by atoms with E-state index in [1.54, 1.807) is 27.4 Å². The van der Waals surface area contributed by atoms with Gasteiger partial charge in [0, 0.05) is 6.54 Å². The average Bonchev–Trinajstić information content (AvgIpc) is 3.30. The van der Waals surface area contributed by atoms with Crippen LogP contribution in [-0.4, -0.2) is 40.4 Å². The van der Waals surface area contributed by atoms with Crippen LogP contribution in [0.15, 0.2) is 37.2 Å². The molecule has 124 valence electrons. The topological polar surface area (TPSA) is 103 Å². The SMILES string of the molecule is CC[C@H](NC(=O)c1cccc(-n2cnnc2)n1)c1ncnn1CC. The highest BCUT2D eigenvalue weighted by Crippen LogP contribution is 2.14. The first kappa shape index (κ1) is 15.8. The minimum atomic E-state index is -0.262. The molecule has 24 heavy (non-hydrogen) atoms. The molecule has 0 bridgehead atoms. The van der Waals surface area contributed by atoms with E-state index in [-0.39, 0.29) is 11.9 Å². The molecule has 0 saturated carbocycles. The Morgan fingerprint density at radius 1 is 1.25 bits per heavy atom. The zero-order valence-corrected chi connectivity index (χ0v) is 13.5. The maximum absolute atomic E-state index is 12.6. The second-order valence-electron chi connectivity index (χ2n) is 5.12. The molecule has 3 aromatic rings. The zero-order valence-electron chi connectivity index (χ0n) is 13.5. The van der Waals surface area contributed by atoms with Gasteiger partial charge in [-0.1, -0.05) is 13.0 Å². The smallest absolute Gasteiger partial charge is 0.270 e. The van der Waals surface area contributed by atoms with Gasteiger partial charge in [0.25, 0.3) is 5.91 Å². The number of aromatic nitrogens is 7. The number of rotatable bonds is 6. The van der Waals surface area contributed by atoms with Crippen molar-refractivity contribution in [3.63, 3.8) is 0 Å². The summed E-state index contributed by atoms with van der Waals surface area (Å²) in [4.78, 5) is 21.2. The standard InChI is InChI=1S/C15H18N8O/c1-3-11(14-16-8-19-23(14)4-2)21-15(24)12-6-5-7-13(20-12)22-9-17-18-10-22/h5-11H,3-4H2,1-2H3,(H,21,24)/t11-/m0/s1. The lowest BCUT2D eigenvalue weighted by Gasteiger charge is -2.16. The fraction of sp³-hybridized carbons (Fsp3) is 0.333. The summed E-state index contributed by atoms with van der Waals surface area (Å²) in [6.07, 6.45) is 5.26. The molecule has 0 aromatic carbocycles. The van der Waals surface area contributed by atoms with Gasteiger partial charge >= 0.3 is 0 Å². The molecule has 0 radical (unpaired) electrons. The van der Waals surface area contributed by atoms with Crippen LogP contribution in [0.5, 0.6) is 0 Å². The molecule has 0 aliphatic rings. The predicted octanol–water partition coefficient (Wildman–Crippen LogP) is 1.15. The molecular formula is C15H18N8O. The van der Waals surface area contributed by atoms with Crippen LogP contribution in [-0.2, 0) is 6.54 Å². The van der Waals surface area contributed by atoms with Crippen molar-refractivity contribution in [2.75, 3.05) is 0 Å². The molecule has 0 unspecified atom stereocenters. The van der Waals surface area contributed by atoms with E-state index in [4.69, 9.17) is 0 Å². The molecule has 9 nitrogen and oxygen atoms in total. The maximum atomic E-state index is 12.6. The molecular weight excluding hydrogens is 308 g/mol. The summed E-state index contributed by atoms with van der Waals surface area (Å²) in [7, 11) is 0. The summed E-state index contributed by atoms with van der Waals surface area (Å²) < 4.78 is 3.41. The first-order chi connectivity index (χ1) is 11.7. The second-order valence-corrected chi connectivity index (χ2v) is 5.12. The van der Waals surface area contributed by atoms with Gasteiger partial charge in [-0.05, 0) is 25.5 Å². The third-order valence-electron chi connectivity index (χ3n) is 3.62. The van der Waals surface area contributed by atoms with Gasteiger partial charge in [0.05, 0.1) is 6.04 Å². The molecule has 9 heteroatoms. The minimum Gasteiger partial charge on any atom is -0.341 e. The van der Waals surface area contributed by atoms with E-state index in [1.165, 1.54) is 19.0 Å². The highest BCUT2D eigenvalue weighted by atomic mass is 16.2. The number of hydrogen-bond donors (Lipinski definition) is 1. The van der Waals surface area contributed by atoms with E-state index in [2.05, 4.69) is 30.6 Å². The van der Waals surface area contributed by atoms with Gasteiger partial charge in [-0.3, -0.25) is 9.36 Å². The first-order valence-corrected chi connectivity index (χ1v) is 7.73. The highest BCUT2D eigenvalue weighted by molar-refractivity contribution is 5.92. The van der Waals surface area contributed by atoms with Crippen molar-refractivity contribution in [2.45, 2.75) is 32.9 Å². The number of carbonyl (C=O) groups excluding carboxylic acids is 1. The molecule has 0 saturated heterocycles. The third kappa shape index (κ3) is 3.14. The van der Waals surface area contributed by atoms with Gasteiger partial charge in [-0.25, -0.2) is 14.6 Å². The number of amides is 1. The summed E-state index contributed by atoms with van der Waals surface area (Å²) in [5, 5.41) is 14.6. The van der Waals surface area contributed by atoms with Crippen molar-refractivity contribution in [3.8, 4) is 5.82 Å². The van der Waals surface area contributed by atoms with E-state index in [0.29, 0.717) is 24.5 Å². The monoisotopic (exact) mass is 326 g/mol. The van der Waals surface area contributed by atoms with Crippen LogP contribution in [0, 0.1) is 0 Å². The van der Waals surface area contributed by atoms with Crippen LogP contribution in [0.25, 0.3) is 5.82 Å². The number of aryl methyl sites for hydroxylation is 1. The van der Waals surface area contributed by atoms with Crippen molar-refractivity contribution in [2.24, 2.45) is 0 Å². The highest BCUT2D eigenvalue weighted by Gasteiger charge is 2.19. The third-order valence-corrected chi connectivity index (χ3v) is 3.62. The quantitative estimate of drug-likeness (QED) is 0.729. The van der Waals surface area contributed by atoms with Crippen LogP contribution in [0.3, 0.4) is 0 Å². The van der Waals surface area contributed by atoms with Gasteiger partial charge < -0.3 is 5.32 Å². The zero-order chi connectivity index (χ0) is 16.9. The van der Waals surface area contributed by atoms with Crippen molar-refractivity contribution < 1.29 is 4.79 Å². The van der Waals surface area contributed by atoms with Gasteiger partial charge in [0.1, 0.15) is 36.3 Å². The summed E-state index contributed by atoms with van der Waals surface area (Å²) in [6, 6.07) is 5.00. The lowest BCUT2D eigenvalue weighted by molar-refractivity contribution is 0.0927. The first-order valence-electron chi connectivity index (χ1n) is 7.73. The number of nitrogens with zero attached hydrogens (tertiary/aromatic N) is 7. The number of hydrogen-bond acceptors (Lipinski definition) is 6. The summed E-state index contributed by atoms with van der Waals surface area (Å²) in [5.41, 5.74) is 0.321. The normalized spacial score (nSPS) is 12.1. The Bertz CT molecular complexity index is 811. The molecule has 1 amide bonds. The van der Waals surface area contributed by atoms with Crippen molar-refractivity contribution in [1.29, 1.82) is 0 Å². The molecule has 3 rings (SSSR count). The van der Waals surface area contributed by atoms with Gasteiger partial charge in [-0.15, -0.1) is 10.2 Å². The summed E-state index contributed by atoms with van der Waals surface area (Å²) in [5.74, 6) is 1.06. The van der Waals surface area contributed by atoms with E-state index in [9.17, 15) is 4.79 Å². The van der Waals surface area contributed by atoms with Crippen molar-refractivity contribution in [1.82, 2.24) is 39.8 Å². The predicted molar refractivity (Wildman–Crippen MR) is 85.3 cm³/mol. The van der Waals surface area contributed by atoms with Gasteiger partial charge in [0.2, 0.25) is 0 Å². The molecule has 0 fully saturated rings. The lowest BCUT2D eigenvalue weighted by atomic mass is 10.2. The van der Waals surface area contributed by atoms with Crippen LogP contribution < -0.4 is 5.32 Å². The van der Waals surface area contributed by atoms with Crippen molar-refractivity contribution in [3.05, 3.63) is 48.7 Å². The number of pyridine rings is 1. The maximum Gasteiger partial charge on any atom is 0.270 e. The van der Waals surface area contributed by atoms with Crippen molar-refractivity contribution >= 4 is 5.91 Å². The Balaban J connectivity index is 1.80. The fourth-order valence-corrected chi connectivity index (χ4v) is 2.38. The largest absolute Gasteiger partial charge is 0.341 e. The van der Waals surface area contributed by atoms with Crippen LogP contribution in [0.2, 0.25) is 0 Å². The molecule has 1 atom stereocenters. The Morgan fingerprint density at radius 3 is 2.75 bits per heavy atom. The molecule has 3 heterocycles. The van der Waals surface area contributed by atoms with E-state index < -0.39 is 0 Å². The summed E-state index contributed by atoms with van der Waals surface area (Å²) in [6.45, 7) is 4.67. The van der Waals surface area contributed by atoms with E-state index in [1.807, 2.05) is 13.8 Å². The van der Waals surface area contributed by atoms with Crippen LogP contribution >= 0.6 is 0 Å². The Labute approximate surface area is 138 Å².